The van der Waals surface area contributed by atoms with E-state index in [1.54, 1.807) is 4.90 Å². The first kappa shape index (κ1) is 25.6. The van der Waals surface area contributed by atoms with E-state index in [0.29, 0.717) is 18.8 Å². The zero-order valence-electron chi connectivity index (χ0n) is 18.1. The SMILES string of the molecule is NCc1cccc2c1CCCN2C(=O)c1ccc(=O)n(-c2ccc(F)cc2)n1.O=C(O)C(F)(F)F. The number of carbonyl (C=O) groups excluding carboxylic acids is 1. The van der Waals surface area contributed by atoms with Crippen molar-refractivity contribution in [2.75, 3.05) is 11.4 Å². The van der Waals surface area contributed by atoms with Crippen LogP contribution in [0, 0.1) is 5.82 Å². The highest BCUT2D eigenvalue weighted by atomic mass is 19.4. The minimum absolute atomic E-state index is 0.148. The lowest BCUT2D eigenvalue weighted by atomic mass is 9.96. The molecular weight excluding hydrogens is 472 g/mol. The molecule has 0 unspecified atom stereocenters. The number of aliphatic carboxylic acids is 1. The molecule has 1 aliphatic heterocycles. The molecule has 0 saturated carbocycles. The highest BCUT2D eigenvalue weighted by Crippen LogP contribution is 2.30. The van der Waals surface area contributed by atoms with Crippen LogP contribution >= 0.6 is 0 Å². The summed E-state index contributed by atoms with van der Waals surface area (Å²) in [5, 5.41) is 11.4. The Morgan fingerprint density at radius 3 is 2.31 bits per heavy atom. The molecule has 1 aromatic heterocycles. The van der Waals surface area contributed by atoms with Crippen molar-refractivity contribution < 1.29 is 32.3 Å². The van der Waals surface area contributed by atoms with Crippen LogP contribution in [0.15, 0.2) is 59.4 Å². The average molecular weight is 492 g/mol. The summed E-state index contributed by atoms with van der Waals surface area (Å²) < 4.78 is 46.0. The molecule has 4 rings (SSSR count). The molecule has 0 saturated heterocycles. The molecule has 1 amide bonds. The molecule has 2 aromatic carbocycles. The van der Waals surface area contributed by atoms with Gasteiger partial charge in [-0.15, -0.1) is 0 Å². The smallest absolute Gasteiger partial charge is 0.475 e. The number of aromatic nitrogens is 2. The number of carbonyl (C=O) groups is 2. The topological polar surface area (TPSA) is 119 Å². The van der Waals surface area contributed by atoms with Gasteiger partial charge in [0.1, 0.15) is 11.5 Å². The van der Waals surface area contributed by atoms with Crippen molar-refractivity contribution in [1.29, 1.82) is 0 Å². The molecule has 35 heavy (non-hydrogen) atoms. The van der Waals surface area contributed by atoms with Crippen LogP contribution in [0.2, 0.25) is 0 Å². The van der Waals surface area contributed by atoms with Crippen molar-refractivity contribution in [3.63, 3.8) is 0 Å². The van der Waals surface area contributed by atoms with Crippen LogP contribution in [0.5, 0.6) is 0 Å². The number of halogens is 4. The molecule has 3 aromatic rings. The van der Waals surface area contributed by atoms with Crippen molar-refractivity contribution in [2.24, 2.45) is 5.73 Å². The number of hydrogen-bond acceptors (Lipinski definition) is 5. The second kappa shape index (κ2) is 10.5. The second-order valence-corrected chi connectivity index (χ2v) is 7.43. The van der Waals surface area contributed by atoms with Gasteiger partial charge in [-0.25, -0.2) is 9.18 Å². The number of carboxylic acids is 1. The number of fused-ring (bicyclic) bond motifs is 1. The Labute approximate surface area is 196 Å². The molecule has 184 valence electrons. The predicted molar refractivity (Wildman–Crippen MR) is 118 cm³/mol. The van der Waals surface area contributed by atoms with E-state index in [0.717, 1.165) is 34.3 Å². The minimum atomic E-state index is -5.08. The highest BCUT2D eigenvalue weighted by molar-refractivity contribution is 6.05. The van der Waals surface area contributed by atoms with Crippen LogP contribution in [0.4, 0.5) is 23.2 Å². The first-order valence-electron chi connectivity index (χ1n) is 10.3. The number of rotatable bonds is 3. The zero-order valence-corrected chi connectivity index (χ0v) is 18.1. The zero-order chi connectivity index (χ0) is 25.8. The Morgan fingerprint density at radius 2 is 1.71 bits per heavy atom. The third-order valence-corrected chi connectivity index (χ3v) is 5.15. The van der Waals surface area contributed by atoms with Crippen LogP contribution in [-0.4, -0.2) is 39.5 Å². The van der Waals surface area contributed by atoms with Crippen LogP contribution in [0.3, 0.4) is 0 Å². The number of anilines is 1. The maximum Gasteiger partial charge on any atom is 0.490 e. The first-order valence-corrected chi connectivity index (χ1v) is 10.3. The number of nitrogens with two attached hydrogens (primary N) is 1. The van der Waals surface area contributed by atoms with Crippen LogP contribution < -0.4 is 16.2 Å². The number of amides is 1. The second-order valence-electron chi connectivity index (χ2n) is 7.43. The van der Waals surface area contributed by atoms with Gasteiger partial charge >= 0.3 is 12.1 Å². The van der Waals surface area contributed by atoms with Gasteiger partial charge in [0.05, 0.1) is 5.69 Å². The van der Waals surface area contributed by atoms with Gasteiger partial charge in [0.2, 0.25) is 0 Å². The van der Waals surface area contributed by atoms with E-state index >= 15 is 0 Å². The summed E-state index contributed by atoms with van der Waals surface area (Å²) in [5.74, 6) is -3.46. The van der Waals surface area contributed by atoms with E-state index in [9.17, 15) is 27.2 Å². The van der Waals surface area contributed by atoms with Gasteiger partial charge in [0.15, 0.2) is 0 Å². The summed E-state index contributed by atoms with van der Waals surface area (Å²) in [6, 6.07) is 13.9. The standard InChI is InChI=1S/C21H19FN4O2.C2HF3O2/c22-15-6-8-16(9-7-15)26-20(27)11-10-18(24-26)21(28)25-12-2-4-17-14(13-23)3-1-5-19(17)25;3-2(4,5)1(6)7/h1,3,5-11H,2,4,12-13,23H2;(H,6,7). The molecule has 2 heterocycles. The predicted octanol–water partition coefficient (Wildman–Crippen LogP) is 3.06. The van der Waals surface area contributed by atoms with Gasteiger partial charge in [-0.1, -0.05) is 12.1 Å². The highest BCUT2D eigenvalue weighted by Gasteiger charge is 2.38. The van der Waals surface area contributed by atoms with Crippen molar-refractivity contribution >= 4 is 17.6 Å². The molecule has 1 aliphatic rings. The Kier molecular flexibility index (Phi) is 7.65. The molecule has 0 atom stereocenters. The van der Waals surface area contributed by atoms with Gasteiger partial charge < -0.3 is 15.7 Å². The van der Waals surface area contributed by atoms with Gasteiger partial charge in [0, 0.05) is 24.8 Å². The number of carboxylic acid groups (broad SMARTS) is 1. The molecule has 0 fully saturated rings. The molecule has 12 heteroatoms. The van der Waals surface area contributed by atoms with E-state index in [2.05, 4.69) is 5.10 Å². The summed E-state index contributed by atoms with van der Waals surface area (Å²) in [6.45, 7) is 0.982. The quantitative estimate of drug-likeness (QED) is 0.543. The van der Waals surface area contributed by atoms with E-state index in [-0.39, 0.29) is 11.6 Å². The maximum atomic E-state index is 13.2. The minimum Gasteiger partial charge on any atom is -0.475 e. The monoisotopic (exact) mass is 492 g/mol. The Hall–Kier alpha value is -4.06. The summed E-state index contributed by atoms with van der Waals surface area (Å²) in [4.78, 5) is 35.9. The summed E-state index contributed by atoms with van der Waals surface area (Å²) in [6.07, 6.45) is -3.39. The third-order valence-electron chi connectivity index (χ3n) is 5.15. The van der Waals surface area contributed by atoms with Crippen molar-refractivity contribution in [1.82, 2.24) is 9.78 Å². The van der Waals surface area contributed by atoms with Crippen LogP contribution in [0.1, 0.15) is 28.0 Å². The van der Waals surface area contributed by atoms with Gasteiger partial charge in [-0.05, 0) is 60.4 Å². The van der Waals surface area contributed by atoms with Crippen molar-refractivity contribution in [3.8, 4) is 5.69 Å². The van der Waals surface area contributed by atoms with E-state index in [1.165, 1.54) is 36.4 Å². The Balaban J connectivity index is 0.000000429. The van der Waals surface area contributed by atoms with E-state index in [4.69, 9.17) is 15.6 Å². The molecule has 0 bridgehead atoms. The Morgan fingerprint density at radius 1 is 1.06 bits per heavy atom. The fourth-order valence-corrected chi connectivity index (χ4v) is 3.53. The lowest BCUT2D eigenvalue weighted by Gasteiger charge is -2.30. The summed E-state index contributed by atoms with van der Waals surface area (Å²) in [5.41, 5.74) is 8.92. The molecular formula is C23H20F4N4O4. The number of nitrogens with zero attached hydrogens (tertiary/aromatic N) is 3. The van der Waals surface area contributed by atoms with E-state index < -0.39 is 23.5 Å². The fraction of sp³-hybridized carbons (Fsp3) is 0.217. The Bertz CT molecular complexity index is 1290. The molecule has 0 radical (unpaired) electrons. The van der Waals surface area contributed by atoms with Gasteiger partial charge in [0.25, 0.3) is 11.5 Å². The summed E-state index contributed by atoms with van der Waals surface area (Å²) in [7, 11) is 0. The fourth-order valence-electron chi connectivity index (χ4n) is 3.53. The van der Waals surface area contributed by atoms with Crippen LogP contribution in [-0.2, 0) is 17.8 Å². The number of hydrogen-bond donors (Lipinski definition) is 2. The molecule has 0 aliphatic carbocycles. The largest absolute Gasteiger partial charge is 0.490 e. The van der Waals surface area contributed by atoms with Gasteiger partial charge in [-0.3, -0.25) is 9.59 Å². The summed E-state index contributed by atoms with van der Waals surface area (Å²) >= 11 is 0. The van der Waals surface area contributed by atoms with Crippen molar-refractivity contribution in [3.05, 3.63) is 87.6 Å². The number of benzene rings is 2. The normalized spacial score (nSPS) is 12.9. The average Bonchev–Trinajstić information content (AvgIpc) is 2.83. The lowest BCUT2D eigenvalue weighted by Crippen LogP contribution is -2.37. The van der Waals surface area contributed by atoms with Crippen LogP contribution in [0.25, 0.3) is 5.69 Å². The van der Waals surface area contributed by atoms with E-state index in [1.807, 2.05) is 18.2 Å². The van der Waals surface area contributed by atoms with Crippen molar-refractivity contribution in [2.45, 2.75) is 25.6 Å². The third kappa shape index (κ3) is 5.90. The lowest BCUT2D eigenvalue weighted by molar-refractivity contribution is -0.192. The maximum absolute atomic E-state index is 13.2. The first-order chi connectivity index (χ1) is 16.5. The number of alkyl halides is 3. The molecule has 8 nitrogen and oxygen atoms in total. The molecule has 3 N–H and O–H groups in total. The molecule has 0 spiro atoms. The van der Waals surface area contributed by atoms with Gasteiger partial charge in [-0.2, -0.15) is 23.0 Å².